The average molecular weight is 509 g/mol. The first-order valence-electron chi connectivity index (χ1n) is 8.92. The molecule has 1 aliphatic rings. The summed E-state index contributed by atoms with van der Waals surface area (Å²) < 4.78 is 79.6. The van der Waals surface area contributed by atoms with Crippen molar-refractivity contribution in [3.8, 4) is 0 Å². The Kier molecular flexibility index (Phi) is 6.54. The minimum Gasteiger partial charge on any atom is -0.326 e. The van der Waals surface area contributed by atoms with Crippen LogP contribution in [0.2, 0.25) is 0 Å². The van der Waals surface area contributed by atoms with E-state index >= 15 is 0 Å². The van der Waals surface area contributed by atoms with Crippen molar-refractivity contribution < 1.29 is 30.8 Å². The number of carbonyl (C=O) groups excluding carboxylic acids is 1. The normalized spacial score (nSPS) is 18.2. The van der Waals surface area contributed by atoms with Crippen LogP contribution in [-0.4, -0.2) is 31.7 Å². The van der Waals surface area contributed by atoms with Gasteiger partial charge in [0.1, 0.15) is 5.82 Å². The summed E-state index contributed by atoms with van der Waals surface area (Å²) >= 11 is 3.23. The van der Waals surface area contributed by atoms with Crippen molar-refractivity contribution in [1.29, 1.82) is 0 Å². The summed E-state index contributed by atoms with van der Waals surface area (Å²) in [6, 6.07) is 8.25. The third-order valence-corrected chi connectivity index (χ3v) is 7.15. The molecule has 2 aromatic rings. The van der Waals surface area contributed by atoms with E-state index in [2.05, 4.69) is 21.2 Å². The van der Waals surface area contributed by atoms with Gasteiger partial charge in [-0.15, -0.1) is 0 Å². The number of benzene rings is 2. The molecule has 1 atom stereocenters. The summed E-state index contributed by atoms with van der Waals surface area (Å²) in [5.74, 6) is -2.81. The Morgan fingerprint density at radius 3 is 2.43 bits per heavy atom. The monoisotopic (exact) mass is 508 g/mol. The number of halogens is 5. The Hall–Kier alpha value is -1.98. The zero-order valence-corrected chi connectivity index (χ0v) is 17.8. The number of rotatable bonds is 4. The van der Waals surface area contributed by atoms with Crippen LogP contribution in [0.15, 0.2) is 51.8 Å². The molecule has 0 aliphatic carbocycles. The second kappa shape index (κ2) is 8.64. The first-order valence-corrected chi connectivity index (χ1v) is 11.1. The zero-order chi connectivity index (χ0) is 22.1. The standard InChI is InChI=1S/C19H17BrF4N2O3S/c20-13-3-6-15(7-4-13)30(28,29)26-9-1-2-12(11-26)18(27)25-14-5-8-17(21)16(10-14)19(22,23)24/h3-8,10,12H,1-2,9,11H2,(H,25,27). The molecule has 1 fully saturated rings. The van der Waals surface area contributed by atoms with Crippen LogP contribution in [0.3, 0.4) is 0 Å². The lowest BCUT2D eigenvalue weighted by Crippen LogP contribution is -2.43. The Morgan fingerprint density at radius 2 is 1.80 bits per heavy atom. The van der Waals surface area contributed by atoms with Crippen molar-refractivity contribution in [3.63, 3.8) is 0 Å². The highest BCUT2D eigenvalue weighted by atomic mass is 79.9. The molecular weight excluding hydrogens is 492 g/mol. The summed E-state index contributed by atoms with van der Waals surface area (Å²) in [6.07, 6.45) is -4.10. The molecule has 1 unspecified atom stereocenters. The Balaban J connectivity index is 1.74. The number of nitrogens with zero attached hydrogens (tertiary/aromatic N) is 1. The maximum atomic E-state index is 13.4. The Bertz CT molecular complexity index is 1040. The second-order valence-electron chi connectivity index (χ2n) is 6.84. The summed E-state index contributed by atoms with van der Waals surface area (Å²) in [6.45, 7) is 0.133. The van der Waals surface area contributed by atoms with E-state index < -0.39 is 39.4 Å². The van der Waals surface area contributed by atoms with E-state index in [1.165, 1.54) is 16.4 Å². The van der Waals surface area contributed by atoms with Crippen molar-refractivity contribution in [2.24, 2.45) is 5.92 Å². The van der Waals surface area contributed by atoms with Crippen LogP contribution in [-0.2, 0) is 21.0 Å². The van der Waals surface area contributed by atoms with E-state index in [4.69, 9.17) is 0 Å². The first-order chi connectivity index (χ1) is 14.0. The molecule has 162 valence electrons. The predicted molar refractivity (Wildman–Crippen MR) is 106 cm³/mol. The number of hydrogen-bond donors (Lipinski definition) is 1. The van der Waals surface area contributed by atoms with Gasteiger partial charge < -0.3 is 5.32 Å². The van der Waals surface area contributed by atoms with Gasteiger partial charge in [-0.05, 0) is 55.3 Å². The zero-order valence-electron chi connectivity index (χ0n) is 15.4. The SMILES string of the molecule is O=C(Nc1ccc(F)c(C(F)(F)F)c1)C1CCCN(S(=O)(=O)c2ccc(Br)cc2)C1. The number of nitrogens with one attached hydrogen (secondary N) is 1. The molecule has 1 N–H and O–H groups in total. The molecule has 3 rings (SSSR count). The third-order valence-electron chi connectivity index (χ3n) is 4.75. The van der Waals surface area contributed by atoms with Gasteiger partial charge in [-0.3, -0.25) is 4.79 Å². The fraction of sp³-hybridized carbons (Fsp3) is 0.316. The van der Waals surface area contributed by atoms with Gasteiger partial charge in [0.15, 0.2) is 0 Å². The van der Waals surface area contributed by atoms with Crippen LogP contribution < -0.4 is 5.32 Å². The Labute approximate surface area is 179 Å². The summed E-state index contributed by atoms with van der Waals surface area (Å²) in [5.41, 5.74) is -1.69. The number of hydrogen-bond acceptors (Lipinski definition) is 3. The van der Waals surface area contributed by atoms with Crippen molar-refractivity contribution in [3.05, 3.63) is 58.3 Å². The van der Waals surface area contributed by atoms with Gasteiger partial charge in [0.2, 0.25) is 15.9 Å². The molecule has 1 amide bonds. The minimum absolute atomic E-state index is 0.0834. The van der Waals surface area contributed by atoms with Crippen LogP contribution in [0.25, 0.3) is 0 Å². The van der Waals surface area contributed by atoms with E-state index in [0.717, 1.165) is 10.5 Å². The maximum Gasteiger partial charge on any atom is 0.419 e. The molecule has 1 heterocycles. The highest BCUT2D eigenvalue weighted by Crippen LogP contribution is 2.33. The van der Waals surface area contributed by atoms with Gasteiger partial charge in [0, 0.05) is 23.2 Å². The average Bonchev–Trinajstić information content (AvgIpc) is 2.69. The molecule has 0 bridgehead atoms. The molecule has 0 spiro atoms. The highest BCUT2D eigenvalue weighted by Gasteiger charge is 2.36. The molecule has 1 saturated heterocycles. The van der Waals surface area contributed by atoms with Gasteiger partial charge in [-0.1, -0.05) is 15.9 Å². The molecule has 30 heavy (non-hydrogen) atoms. The molecular formula is C19H17BrF4N2O3S. The smallest absolute Gasteiger partial charge is 0.326 e. The van der Waals surface area contributed by atoms with E-state index in [1.54, 1.807) is 12.1 Å². The van der Waals surface area contributed by atoms with Gasteiger partial charge in [-0.25, -0.2) is 12.8 Å². The maximum absolute atomic E-state index is 13.4. The molecule has 0 saturated carbocycles. The van der Waals surface area contributed by atoms with Crippen molar-refractivity contribution in [2.75, 3.05) is 18.4 Å². The number of alkyl halides is 3. The van der Waals surface area contributed by atoms with Crippen LogP contribution in [0, 0.1) is 11.7 Å². The fourth-order valence-electron chi connectivity index (χ4n) is 3.19. The first kappa shape index (κ1) is 22.7. The van der Waals surface area contributed by atoms with Crippen molar-refractivity contribution in [1.82, 2.24) is 4.31 Å². The van der Waals surface area contributed by atoms with Crippen LogP contribution in [0.4, 0.5) is 23.2 Å². The van der Waals surface area contributed by atoms with Crippen molar-refractivity contribution in [2.45, 2.75) is 23.9 Å². The molecule has 5 nitrogen and oxygen atoms in total. The number of amides is 1. The molecule has 0 radical (unpaired) electrons. The van der Waals surface area contributed by atoms with Crippen molar-refractivity contribution >= 4 is 37.5 Å². The topological polar surface area (TPSA) is 66.5 Å². The lowest BCUT2D eigenvalue weighted by atomic mass is 9.98. The van der Waals surface area contributed by atoms with Gasteiger partial charge >= 0.3 is 6.18 Å². The number of carbonyl (C=O) groups is 1. The van der Waals surface area contributed by atoms with Crippen LogP contribution in [0.5, 0.6) is 0 Å². The van der Waals surface area contributed by atoms with Gasteiger partial charge in [0.05, 0.1) is 16.4 Å². The van der Waals surface area contributed by atoms with Gasteiger partial charge in [0.25, 0.3) is 0 Å². The van der Waals surface area contributed by atoms with Crippen LogP contribution >= 0.6 is 15.9 Å². The molecule has 1 aliphatic heterocycles. The summed E-state index contributed by atoms with van der Waals surface area (Å²) in [4.78, 5) is 12.6. The van der Waals surface area contributed by atoms with Crippen LogP contribution in [0.1, 0.15) is 18.4 Å². The summed E-state index contributed by atoms with van der Waals surface area (Å²) in [7, 11) is -3.82. The highest BCUT2D eigenvalue weighted by molar-refractivity contribution is 9.10. The minimum atomic E-state index is -4.90. The molecule has 11 heteroatoms. The van der Waals surface area contributed by atoms with Gasteiger partial charge in [-0.2, -0.15) is 17.5 Å². The van der Waals surface area contributed by atoms with E-state index in [-0.39, 0.29) is 23.7 Å². The second-order valence-corrected chi connectivity index (χ2v) is 9.69. The van der Waals surface area contributed by atoms with E-state index in [9.17, 15) is 30.8 Å². The van der Waals surface area contributed by atoms with E-state index in [0.29, 0.717) is 25.0 Å². The number of piperidine rings is 1. The Morgan fingerprint density at radius 1 is 1.13 bits per heavy atom. The predicted octanol–water partition coefficient (Wildman–Crippen LogP) is 4.65. The van der Waals surface area contributed by atoms with E-state index in [1.807, 2.05) is 0 Å². The summed E-state index contributed by atoms with van der Waals surface area (Å²) in [5, 5.41) is 2.34. The lowest BCUT2D eigenvalue weighted by Gasteiger charge is -2.31. The quantitative estimate of drug-likeness (QED) is 0.611. The number of sulfonamides is 1. The number of anilines is 1. The third kappa shape index (κ3) is 5.01. The lowest BCUT2D eigenvalue weighted by molar-refractivity contribution is -0.140. The largest absolute Gasteiger partial charge is 0.419 e. The molecule has 2 aromatic carbocycles. The molecule has 0 aromatic heterocycles. The fourth-order valence-corrected chi connectivity index (χ4v) is 4.98.